The monoisotopic (exact) mass is 530 g/mol. The number of carbonyl (C=O) groups is 4. The molecule has 1 aromatic carbocycles. The number of hydrogen-bond acceptors (Lipinski definition) is 5. The highest BCUT2D eigenvalue weighted by Gasteiger charge is 2.66. The second kappa shape index (κ2) is 8.37. The molecule has 1 aromatic rings. The lowest BCUT2D eigenvalue weighted by Crippen LogP contribution is -2.38. The average Bonchev–Trinajstić information content (AvgIpc) is 3.33. The quantitative estimate of drug-likeness (QED) is 0.358. The second-order valence-electron chi connectivity index (χ2n) is 8.32. The van der Waals surface area contributed by atoms with Crippen LogP contribution >= 0.6 is 39.1 Å². The molecule has 0 unspecified atom stereocenters. The van der Waals surface area contributed by atoms with Crippen LogP contribution in [0.5, 0.6) is 0 Å². The molecule has 2 saturated carbocycles. The summed E-state index contributed by atoms with van der Waals surface area (Å²) in [6.45, 7) is 2.75. The van der Waals surface area contributed by atoms with Crippen LogP contribution in [-0.2, 0) is 23.9 Å². The zero-order valence-corrected chi connectivity index (χ0v) is 20.0. The van der Waals surface area contributed by atoms with Gasteiger partial charge in [0.2, 0.25) is 11.8 Å². The number of imide groups is 1. The lowest BCUT2D eigenvalue weighted by Gasteiger charge is -2.28. The predicted molar refractivity (Wildman–Crippen MR) is 118 cm³/mol. The lowest BCUT2D eigenvalue weighted by atomic mass is 9.80. The number of esters is 1. The Hall–Kier alpha value is -1.64. The van der Waals surface area contributed by atoms with Crippen LogP contribution in [0.15, 0.2) is 16.6 Å². The van der Waals surface area contributed by atoms with Gasteiger partial charge in [-0.05, 0) is 55.4 Å². The summed E-state index contributed by atoms with van der Waals surface area (Å²) < 4.78 is 5.93. The predicted octanol–water partition coefficient (Wildman–Crippen LogP) is 3.01. The Morgan fingerprint density at radius 2 is 1.68 bits per heavy atom. The summed E-state index contributed by atoms with van der Waals surface area (Å²) in [5, 5.41) is 1.98. The summed E-state index contributed by atoms with van der Waals surface area (Å²) in [7, 11) is 0. The van der Waals surface area contributed by atoms with Gasteiger partial charge in [0.05, 0.1) is 22.6 Å². The first-order chi connectivity index (χ1) is 14.6. The summed E-state index contributed by atoms with van der Waals surface area (Å²) in [5.74, 6) is -3.48. The van der Waals surface area contributed by atoms with Crippen molar-refractivity contribution in [2.45, 2.75) is 31.0 Å². The molecular formula is C21H21BrCl2N2O5. The topological polar surface area (TPSA) is 92.8 Å². The van der Waals surface area contributed by atoms with Crippen LogP contribution in [0.1, 0.15) is 17.5 Å². The van der Waals surface area contributed by atoms with Crippen LogP contribution < -0.4 is 5.32 Å². The number of nitrogens with one attached hydrogen (secondary N) is 1. The number of amides is 3. The molecule has 4 rings (SSSR count). The van der Waals surface area contributed by atoms with Gasteiger partial charge in [-0.15, -0.1) is 23.2 Å². The van der Waals surface area contributed by atoms with E-state index in [-0.39, 0.29) is 22.6 Å². The highest BCUT2D eigenvalue weighted by atomic mass is 79.9. The molecule has 0 radical (unpaired) electrons. The Bertz CT molecular complexity index is 955. The van der Waals surface area contributed by atoms with E-state index in [1.54, 1.807) is 6.07 Å². The third-order valence-corrected chi connectivity index (χ3v) is 8.90. The molecule has 7 nitrogen and oxygen atoms in total. The van der Waals surface area contributed by atoms with Crippen molar-refractivity contribution in [2.24, 2.45) is 23.7 Å². The Morgan fingerprint density at radius 1 is 1.10 bits per heavy atom. The number of fused-ring (bicyclic) bond motifs is 5. The van der Waals surface area contributed by atoms with Gasteiger partial charge in [-0.25, -0.2) is 0 Å². The van der Waals surface area contributed by atoms with Crippen LogP contribution in [0.3, 0.4) is 0 Å². The Morgan fingerprint density at radius 3 is 2.26 bits per heavy atom. The zero-order valence-electron chi connectivity index (χ0n) is 16.9. The zero-order chi connectivity index (χ0) is 22.6. The van der Waals surface area contributed by atoms with Crippen LogP contribution in [0.25, 0.3) is 0 Å². The summed E-state index contributed by atoms with van der Waals surface area (Å²) in [4.78, 5) is 50.9. The summed E-state index contributed by atoms with van der Waals surface area (Å²) >= 11 is 16.1. The van der Waals surface area contributed by atoms with Crippen molar-refractivity contribution >= 4 is 68.5 Å². The maximum Gasteiger partial charge on any atom is 0.326 e. The first-order valence-corrected chi connectivity index (χ1v) is 11.6. The number of hydrogen-bond donors (Lipinski definition) is 1. The molecular weight excluding hydrogens is 511 g/mol. The van der Waals surface area contributed by atoms with Crippen LogP contribution in [-0.4, -0.2) is 52.5 Å². The summed E-state index contributed by atoms with van der Waals surface area (Å²) in [6, 6.07) is 3.56. The number of halogens is 3. The number of benzene rings is 1. The van der Waals surface area contributed by atoms with Gasteiger partial charge < -0.3 is 10.1 Å². The minimum absolute atomic E-state index is 0.153. The van der Waals surface area contributed by atoms with Gasteiger partial charge in [0, 0.05) is 10.2 Å². The Labute approximate surface area is 197 Å². The van der Waals surface area contributed by atoms with Crippen molar-refractivity contribution in [1.29, 1.82) is 0 Å². The molecule has 3 fully saturated rings. The Kier molecular flexibility index (Phi) is 6.09. The van der Waals surface area contributed by atoms with E-state index in [0.717, 1.165) is 20.5 Å². The van der Waals surface area contributed by atoms with E-state index in [1.165, 1.54) is 0 Å². The Balaban J connectivity index is 1.33. The van der Waals surface area contributed by atoms with Gasteiger partial charge >= 0.3 is 5.97 Å². The second-order valence-corrected chi connectivity index (χ2v) is 10.2. The molecule has 166 valence electrons. The van der Waals surface area contributed by atoms with Gasteiger partial charge in [-0.3, -0.25) is 24.1 Å². The molecule has 3 amide bonds. The van der Waals surface area contributed by atoms with Crippen molar-refractivity contribution in [2.75, 3.05) is 18.5 Å². The van der Waals surface area contributed by atoms with E-state index in [0.29, 0.717) is 12.1 Å². The fourth-order valence-corrected chi connectivity index (χ4v) is 6.32. The van der Waals surface area contributed by atoms with E-state index in [9.17, 15) is 19.2 Å². The third-order valence-electron chi connectivity index (χ3n) is 6.73. The van der Waals surface area contributed by atoms with Crippen molar-refractivity contribution in [3.05, 3.63) is 27.7 Å². The highest BCUT2D eigenvalue weighted by molar-refractivity contribution is 9.10. The minimum atomic E-state index is -0.822. The summed E-state index contributed by atoms with van der Waals surface area (Å²) in [6.07, 6.45) is 0.655. The number of anilines is 1. The van der Waals surface area contributed by atoms with Gasteiger partial charge in [0.25, 0.3) is 5.91 Å². The maximum absolute atomic E-state index is 12.8. The fourth-order valence-electron chi connectivity index (χ4n) is 5.00. The lowest BCUT2D eigenvalue weighted by molar-refractivity contribution is -0.154. The van der Waals surface area contributed by atoms with Crippen LogP contribution in [0, 0.1) is 37.5 Å². The first kappa shape index (κ1) is 22.6. The molecule has 0 spiro atoms. The van der Waals surface area contributed by atoms with Crippen molar-refractivity contribution in [3.63, 3.8) is 0 Å². The highest BCUT2D eigenvalue weighted by Crippen LogP contribution is 2.59. The number of carbonyl (C=O) groups excluding carboxylic acids is 4. The average molecular weight is 532 g/mol. The van der Waals surface area contributed by atoms with Crippen molar-refractivity contribution < 1.29 is 23.9 Å². The summed E-state index contributed by atoms with van der Waals surface area (Å²) in [5.41, 5.74) is 2.48. The number of ether oxygens (including phenoxy) is 1. The largest absolute Gasteiger partial charge is 0.454 e. The van der Waals surface area contributed by atoms with Gasteiger partial charge in [0.1, 0.15) is 6.54 Å². The van der Waals surface area contributed by atoms with E-state index in [4.69, 9.17) is 27.9 Å². The fraction of sp³-hybridized carbons (Fsp3) is 0.524. The smallest absolute Gasteiger partial charge is 0.326 e. The molecule has 1 saturated heterocycles. The molecule has 0 aromatic heterocycles. The van der Waals surface area contributed by atoms with Crippen LogP contribution in [0.4, 0.5) is 5.69 Å². The molecule has 2 bridgehead atoms. The maximum atomic E-state index is 12.8. The molecule has 1 N–H and O–H groups in total. The first-order valence-electron chi connectivity index (χ1n) is 9.96. The van der Waals surface area contributed by atoms with E-state index in [1.807, 2.05) is 19.9 Å². The molecule has 1 aliphatic heterocycles. The molecule has 2 aliphatic carbocycles. The normalized spacial score (nSPS) is 31.2. The molecule has 31 heavy (non-hydrogen) atoms. The van der Waals surface area contributed by atoms with Crippen molar-refractivity contribution in [1.82, 2.24) is 4.90 Å². The molecule has 6 atom stereocenters. The minimum Gasteiger partial charge on any atom is -0.454 e. The van der Waals surface area contributed by atoms with Gasteiger partial charge in [-0.2, -0.15) is 0 Å². The number of alkyl halides is 2. The van der Waals surface area contributed by atoms with E-state index < -0.39 is 48.7 Å². The number of likely N-dealkylation sites (tertiary alicyclic amines) is 1. The van der Waals surface area contributed by atoms with Crippen molar-refractivity contribution in [3.8, 4) is 0 Å². The number of rotatable bonds is 5. The van der Waals surface area contributed by atoms with Gasteiger partial charge in [0.15, 0.2) is 6.61 Å². The van der Waals surface area contributed by atoms with Crippen LogP contribution in [0.2, 0.25) is 0 Å². The molecule has 1 heterocycles. The van der Waals surface area contributed by atoms with E-state index in [2.05, 4.69) is 21.2 Å². The number of nitrogens with zero attached hydrogens (tertiary/aromatic N) is 1. The SMILES string of the molecule is Cc1c(Br)ccc(NC(=O)COC(=O)CN2C(=O)[C@@H]3[C@H]4C[C@@H]([C@H](Cl)[C@@H]4Cl)[C@@H]3C2=O)c1C. The molecule has 10 heteroatoms. The van der Waals surface area contributed by atoms with E-state index >= 15 is 0 Å². The molecule has 3 aliphatic rings. The van der Waals surface area contributed by atoms with Gasteiger partial charge in [-0.1, -0.05) is 15.9 Å². The standard InChI is InChI=1S/C21H21BrCl2N2O5/c1-8-9(2)13(4-3-12(8)22)25-14(27)7-31-15(28)6-26-20(29)16-10-5-11(17(16)21(26)30)19(24)18(10)23/h3-4,10-11,16-19H,5-7H2,1-2H3,(H,25,27)/t10-,11-,16-,17+,18-,19+/m1/s1. The third kappa shape index (κ3) is 3.76.